The third kappa shape index (κ3) is 4.70. The van der Waals surface area contributed by atoms with Crippen LogP contribution in [0, 0.1) is 0 Å². The van der Waals surface area contributed by atoms with E-state index in [0.717, 1.165) is 28.5 Å². The monoisotopic (exact) mass is 452 g/mol. The molecule has 8 heteroatoms. The SMILES string of the molecule is O=C(CSc1nnc(-c2ccccc2)n1-c1ccccc1)Nc1ccc(-n2ccnc2)cc1. The highest BCUT2D eigenvalue weighted by molar-refractivity contribution is 7.99. The Morgan fingerprint density at radius 1 is 0.848 bits per heavy atom. The van der Waals surface area contributed by atoms with Gasteiger partial charge >= 0.3 is 0 Å². The van der Waals surface area contributed by atoms with E-state index in [-0.39, 0.29) is 11.7 Å². The number of carbonyl (C=O) groups excluding carboxylic acids is 1. The maximum atomic E-state index is 12.6. The molecule has 0 unspecified atom stereocenters. The Hall–Kier alpha value is -4.17. The highest BCUT2D eigenvalue weighted by atomic mass is 32.2. The van der Waals surface area contributed by atoms with Crippen LogP contribution in [0.15, 0.2) is 109 Å². The van der Waals surface area contributed by atoms with Gasteiger partial charge in [0.15, 0.2) is 11.0 Å². The van der Waals surface area contributed by atoms with Gasteiger partial charge in [-0.15, -0.1) is 10.2 Å². The number of thioether (sulfide) groups is 1. The minimum absolute atomic E-state index is 0.112. The molecule has 2 aromatic heterocycles. The quantitative estimate of drug-likeness (QED) is 0.357. The highest BCUT2D eigenvalue weighted by Gasteiger charge is 2.17. The van der Waals surface area contributed by atoms with Gasteiger partial charge in [0.25, 0.3) is 0 Å². The van der Waals surface area contributed by atoms with Crippen molar-refractivity contribution in [2.24, 2.45) is 0 Å². The Balaban J connectivity index is 1.31. The maximum Gasteiger partial charge on any atom is 0.234 e. The van der Waals surface area contributed by atoms with Crippen molar-refractivity contribution in [3.05, 3.63) is 104 Å². The Labute approximate surface area is 195 Å². The van der Waals surface area contributed by atoms with Gasteiger partial charge in [0.05, 0.1) is 12.1 Å². The molecule has 0 aliphatic carbocycles. The van der Waals surface area contributed by atoms with Gasteiger partial charge in [0.2, 0.25) is 5.91 Å². The molecular weight excluding hydrogens is 432 g/mol. The molecule has 162 valence electrons. The minimum atomic E-state index is -0.112. The number of anilines is 1. The molecule has 3 aromatic carbocycles. The van der Waals surface area contributed by atoms with Crippen molar-refractivity contribution in [2.75, 3.05) is 11.1 Å². The molecule has 0 radical (unpaired) electrons. The van der Waals surface area contributed by atoms with E-state index >= 15 is 0 Å². The smallest absolute Gasteiger partial charge is 0.234 e. The van der Waals surface area contributed by atoms with Crippen LogP contribution in [0.4, 0.5) is 5.69 Å². The molecule has 7 nitrogen and oxygen atoms in total. The Kier molecular flexibility index (Phi) is 5.99. The first-order chi connectivity index (χ1) is 16.3. The summed E-state index contributed by atoms with van der Waals surface area (Å²) in [7, 11) is 0. The van der Waals surface area contributed by atoms with Gasteiger partial charge in [-0.3, -0.25) is 9.36 Å². The van der Waals surface area contributed by atoms with E-state index in [2.05, 4.69) is 20.5 Å². The topological polar surface area (TPSA) is 77.6 Å². The molecule has 0 aliphatic rings. The molecule has 1 amide bonds. The summed E-state index contributed by atoms with van der Waals surface area (Å²) in [5.74, 6) is 0.835. The Morgan fingerprint density at radius 2 is 1.58 bits per heavy atom. The zero-order valence-corrected chi connectivity index (χ0v) is 18.4. The largest absolute Gasteiger partial charge is 0.325 e. The lowest BCUT2D eigenvalue weighted by molar-refractivity contribution is -0.113. The summed E-state index contributed by atoms with van der Waals surface area (Å²) >= 11 is 1.35. The van der Waals surface area contributed by atoms with Crippen LogP contribution in [-0.4, -0.2) is 36.0 Å². The predicted molar refractivity (Wildman–Crippen MR) is 130 cm³/mol. The van der Waals surface area contributed by atoms with Gasteiger partial charge in [0, 0.05) is 35.0 Å². The fourth-order valence-corrected chi connectivity index (χ4v) is 4.16. The summed E-state index contributed by atoms with van der Waals surface area (Å²) in [6.07, 6.45) is 5.33. The van der Waals surface area contributed by atoms with Crippen molar-refractivity contribution in [3.8, 4) is 22.8 Å². The van der Waals surface area contributed by atoms with Crippen molar-refractivity contribution in [2.45, 2.75) is 5.16 Å². The molecule has 5 rings (SSSR count). The van der Waals surface area contributed by atoms with E-state index in [1.807, 2.05) is 100 Å². The van der Waals surface area contributed by atoms with Crippen LogP contribution in [0.5, 0.6) is 0 Å². The van der Waals surface area contributed by atoms with Crippen molar-refractivity contribution < 1.29 is 4.79 Å². The molecule has 0 aliphatic heterocycles. The number of hydrogen-bond acceptors (Lipinski definition) is 5. The van der Waals surface area contributed by atoms with E-state index in [1.54, 1.807) is 12.5 Å². The van der Waals surface area contributed by atoms with Gasteiger partial charge in [-0.2, -0.15) is 0 Å². The Bertz CT molecular complexity index is 1330. The lowest BCUT2D eigenvalue weighted by atomic mass is 10.2. The summed E-state index contributed by atoms with van der Waals surface area (Å²) in [4.78, 5) is 16.7. The van der Waals surface area contributed by atoms with Gasteiger partial charge in [-0.1, -0.05) is 60.3 Å². The van der Waals surface area contributed by atoms with Crippen LogP contribution < -0.4 is 5.32 Å². The second-order valence-electron chi connectivity index (χ2n) is 7.20. The number of benzene rings is 3. The average molecular weight is 453 g/mol. The first kappa shape index (κ1) is 20.7. The number of carbonyl (C=O) groups is 1. The molecule has 0 atom stereocenters. The summed E-state index contributed by atoms with van der Waals surface area (Å²) in [5.41, 5.74) is 3.62. The van der Waals surface area contributed by atoms with Gasteiger partial charge in [-0.25, -0.2) is 4.98 Å². The fraction of sp³-hybridized carbons (Fsp3) is 0.0400. The fourth-order valence-electron chi connectivity index (χ4n) is 3.40. The Morgan fingerprint density at radius 3 is 2.27 bits per heavy atom. The first-order valence-corrected chi connectivity index (χ1v) is 11.3. The minimum Gasteiger partial charge on any atom is -0.325 e. The lowest BCUT2D eigenvalue weighted by Gasteiger charge is -2.10. The summed E-state index contributed by atoms with van der Waals surface area (Å²) in [5, 5.41) is 12.4. The molecule has 0 spiro atoms. The van der Waals surface area contributed by atoms with Crippen LogP contribution >= 0.6 is 11.8 Å². The van der Waals surface area contributed by atoms with Crippen molar-refractivity contribution in [1.29, 1.82) is 0 Å². The highest BCUT2D eigenvalue weighted by Crippen LogP contribution is 2.28. The summed E-state index contributed by atoms with van der Waals surface area (Å²) < 4.78 is 3.88. The van der Waals surface area contributed by atoms with E-state index in [0.29, 0.717) is 5.16 Å². The van der Waals surface area contributed by atoms with E-state index in [1.165, 1.54) is 11.8 Å². The zero-order chi connectivity index (χ0) is 22.5. The second-order valence-corrected chi connectivity index (χ2v) is 8.14. The third-order valence-electron chi connectivity index (χ3n) is 4.97. The molecule has 1 N–H and O–H groups in total. The van der Waals surface area contributed by atoms with Crippen LogP contribution in [0.3, 0.4) is 0 Å². The van der Waals surface area contributed by atoms with Crippen LogP contribution in [0.25, 0.3) is 22.8 Å². The van der Waals surface area contributed by atoms with Crippen molar-refractivity contribution in [3.63, 3.8) is 0 Å². The summed E-state index contributed by atoms with van der Waals surface area (Å²) in [6, 6.07) is 27.4. The van der Waals surface area contributed by atoms with Crippen LogP contribution in [0.2, 0.25) is 0 Å². The number of rotatable bonds is 7. The number of para-hydroxylation sites is 1. The number of hydrogen-bond donors (Lipinski definition) is 1. The van der Waals surface area contributed by atoms with Gasteiger partial charge in [0.1, 0.15) is 0 Å². The third-order valence-corrected chi connectivity index (χ3v) is 5.89. The molecular formula is C25H20N6OS. The van der Waals surface area contributed by atoms with Crippen molar-refractivity contribution in [1.82, 2.24) is 24.3 Å². The number of imidazole rings is 1. The van der Waals surface area contributed by atoms with Crippen LogP contribution in [0.1, 0.15) is 0 Å². The van der Waals surface area contributed by atoms with Crippen molar-refractivity contribution >= 4 is 23.4 Å². The first-order valence-electron chi connectivity index (χ1n) is 10.4. The standard InChI is InChI=1S/C25H20N6OS/c32-23(27-20-11-13-21(14-12-20)30-16-15-26-18-30)17-33-25-29-28-24(19-7-3-1-4-8-19)31(25)22-9-5-2-6-10-22/h1-16,18H,17H2,(H,27,32). The normalized spacial score (nSPS) is 10.8. The molecule has 0 fully saturated rings. The maximum absolute atomic E-state index is 12.6. The van der Waals surface area contributed by atoms with E-state index in [4.69, 9.17) is 0 Å². The molecule has 5 aromatic rings. The van der Waals surface area contributed by atoms with Gasteiger partial charge in [-0.05, 0) is 36.4 Å². The second kappa shape index (κ2) is 9.54. The molecule has 0 saturated heterocycles. The zero-order valence-electron chi connectivity index (χ0n) is 17.6. The lowest BCUT2D eigenvalue weighted by Crippen LogP contribution is -2.14. The number of nitrogens with zero attached hydrogens (tertiary/aromatic N) is 5. The molecule has 2 heterocycles. The molecule has 0 saturated carbocycles. The molecule has 0 bridgehead atoms. The van der Waals surface area contributed by atoms with E-state index in [9.17, 15) is 4.79 Å². The average Bonchev–Trinajstić information content (AvgIpc) is 3.55. The number of nitrogens with one attached hydrogen (secondary N) is 1. The molecule has 33 heavy (non-hydrogen) atoms. The predicted octanol–water partition coefficient (Wildman–Crippen LogP) is 4.85. The number of amides is 1. The van der Waals surface area contributed by atoms with E-state index < -0.39 is 0 Å². The van der Waals surface area contributed by atoms with Crippen LogP contribution in [-0.2, 0) is 4.79 Å². The number of aromatic nitrogens is 5. The van der Waals surface area contributed by atoms with Gasteiger partial charge < -0.3 is 9.88 Å². The summed E-state index contributed by atoms with van der Waals surface area (Å²) in [6.45, 7) is 0.